The van der Waals surface area contributed by atoms with Gasteiger partial charge in [0.15, 0.2) is 0 Å². The van der Waals surface area contributed by atoms with E-state index in [1.807, 2.05) is 34.6 Å². The van der Waals surface area contributed by atoms with E-state index in [0.29, 0.717) is 18.3 Å². The van der Waals surface area contributed by atoms with Gasteiger partial charge in [0, 0.05) is 6.61 Å². The Bertz CT molecular complexity index is 351. The molecule has 0 aliphatic heterocycles. The molecule has 1 aromatic rings. The van der Waals surface area contributed by atoms with Crippen molar-refractivity contribution in [3.05, 3.63) is 11.7 Å². The zero-order chi connectivity index (χ0) is 13.1. The van der Waals surface area contributed by atoms with Crippen molar-refractivity contribution in [2.45, 2.75) is 52.7 Å². The average Bonchev–Trinajstić information content (AvgIpc) is 2.77. The second-order valence-electron chi connectivity index (χ2n) is 4.74. The standard InChI is InChI=1S/C12H23N3O2/c1-6-12(5,16-7-2)11-14-10(17-15-11)9(13)8(3)4/h8-9H,6-7,13H2,1-5H3/t9-,12?/m1/s1. The summed E-state index contributed by atoms with van der Waals surface area (Å²) in [5.41, 5.74) is 5.48. The Balaban J connectivity index is 2.93. The van der Waals surface area contributed by atoms with Gasteiger partial charge in [-0.15, -0.1) is 0 Å². The Morgan fingerprint density at radius 3 is 2.53 bits per heavy atom. The van der Waals surface area contributed by atoms with E-state index in [-0.39, 0.29) is 12.0 Å². The van der Waals surface area contributed by atoms with Crippen molar-refractivity contribution in [3.63, 3.8) is 0 Å². The molecule has 2 N–H and O–H groups in total. The monoisotopic (exact) mass is 241 g/mol. The maximum atomic E-state index is 5.97. The molecule has 1 aromatic heterocycles. The molecule has 5 nitrogen and oxygen atoms in total. The van der Waals surface area contributed by atoms with E-state index in [4.69, 9.17) is 15.0 Å². The summed E-state index contributed by atoms with van der Waals surface area (Å²) in [5.74, 6) is 1.32. The van der Waals surface area contributed by atoms with Crippen LogP contribution in [0.15, 0.2) is 4.52 Å². The third-order valence-corrected chi connectivity index (χ3v) is 3.06. The van der Waals surface area contributed by atoms with Gasteiger partial charge in [-0.2, -0.15) is 4.98 Å². The number of nitrogens with zero attached hydrogens (tertiary/aromatic N) is 2. The topological polar surface area (TPSA) is 74.2 Å². The highest BCUT2D eigenvalue weighted by Gasteiger charge is 2.32. The van der Waals surface area contributed by atoms with Gasteiger partial charge in [0.1, 0.15) is 5.60 Å². The van der Waals surface area contributed by atoms with Crippen molar-refractivity contribution in [2.75, 3.05) is 6.61 Å². The molecule has 98 valence electrons. The first-order valence-corrected chi connectivity index (χ1v) is 6.18. The summed E-state index contributed by atoms with van der Waals surface area (Å²) in [4.78, 5) is 4.37. The zero-order valence-electron chi connectivity index (χ0n) is 11.4. The smallest absolute Gasteiger partial charge is 0.243 e. The van der Waals surface area contributed by atoms with Crippen LogP contribution in [0, 0.1) is 5.92 Å². The minimum absolute atomic E-state index is 0.223. The van der Waals surface area contributed by atoms with E-state index in [9.17, 15) is 0 Å². The predicted molar refractivity (Wildman–Crippen MR) is 65.3 cm³/mol. The van der Waals surface area contributed by atoms with Crippen LogP contribution in [0.5, 0.6) is 0 Å². The number of nitrogens with two attached hydrogens (primary N) is 1. The first kappa shape index (κ1) is 14.1. The molecule has 1 heterocycles. The first-order chi connectivity index (χ1) is 7.94. The Kier molecular flexibility index (Phi) is 4.65. The van der Waals surface area contributed by atoms with E-state index in [0.717, 1.165) is 6.42 Å². The summed E-state index contributed by atoms with van der Waals surface area (Å²) in [5, 5.41) is 3.99. The van der Waals surface area contributed by atoms with Gasteiger partial charge in [0.25, 0.3) is 0 Å². The maximum absolute atomic E-state index is 5.97. The molecule has 0 amide bonds. The number of hydrogen-bond donors (Lipinski definition) is 1. The van der Waals surface area contributed by atoms with Crippen LogP contribution < -0.4 is 5.73 Å². The van der Waals surface area contributed by atoms with Crippen LogP contribution in [0.25, 0.3) is 0 Å². The lowest BCUT2D eigenvalue weighted by molar-refractivity contribution is -0.0403. The molecular weight excluding hydrogens is 218 g/mol. The van der Waals surface area contributed by atoms with Crippen LogP contribution in [-0.4, -0.2) is 16.7 Å². The lowest BCUT2D eigenvalue weighted by atomic mass is 10.0. The van der Waals surface area contributed by atoms with E-state index in [1.165, 1.54) is 0 Å². The number of aromatic nitrogens is 2. The molecule has 0 saturated heterocycles. The number of rotatable bonds is 6. The summed E-state index contributed by atoms with van der Waals surface area (Å²) < 4.78 is 10.9. The highest BCUT2D eigenvalue weighted by molar-refractivity contribution is 5.01. The van der Waals surface area contributed by atoms with Crippen molar-refractivity contribution in [1.29, 1.82) is 0 Å². The van der Waals surface area contributed by atoms with Crippen molar-refractivity contribution in [2.24, 2.45) is 11.7 Å². The molecule has 1 unspecified atom stereocenters. The molecule has 0 bridgehead atoms. The fourth-order valence-electron chi connectivity index (χ4n) is 1.51. The van der Waals surface area contributed by atoms with E-state index in [2.05, 4.69) is 10.1 Å². The third-order valence-electron chi connectivity index (χ3n) is 3.06. The molecule has 2 atom stereocenters. The lowest BCUT2D eigenvalue weighted by Gasteiger charge is -2.23. The highest BCUT2D eigenvalue weighted by atomic mass is 16.5. The Hall–Kier alpha value is -0.940. The van der Waals surface area contributed by atoms with Crippen LogP contribution >= 0.6 is 0 Å². The largest absolute Gasteiger partial charge is 0.367 e. The van der Waals surface area contributed by atoms with Gasteiger partial charge < -0.3 is 15.0 Å². The molecule has 0 aromatic carbocycles. The van der Waals surface area contributed by atoms with Crippen molar-refractivity contribution < 1.29 is 9.26 Å². The number of ether oxygens (including phenoxy) is 1. The van der Waals surface area contributed by atoms with Crippen LogP contribution in [0.2, 0.25) is 0 Å². The molecule has 17 heavy (non-hydrogen) atoms. The average molecular weight is 241 g/mol. The van der Waals surface area contributed by atoms with Crippen molar-refractivity contribution in [1.82, 2.24) is 10.1 Å². The molecular formula is C12H23N3O2. The van der Waals surface area contributed by atoms with E-state index in [1.54, 1.807) is 0 Å². The predicted octanol–water partition coefficient (Wildman–Crippen LogP) is 2.39. The lowest BCUT2D eigenvalue weighted by Crippen LogP contribution is -2.27. The Labute approximate surface area is 103 Å². The molecule has 0 aliphatic rings. The molecule has 0 radical (unpaired) electrons. The molecule has 0 fully saturated rings. The number of hydrogen-bond acceptors (Lipinski definition) is 5. The van der Waals surface area contributed by atoms with E-state index < -0.39 is 5.60 Å². The van der Waals surface area contributed by atoms with Crippen LogP contribution in [0.3, 0.4) is 0 Å². The highest BCUT2D eigenvalue weighted by Crippen LogP contribution is 2.28. The van der Waals surface area contributed by atoms with Gasteiger partial charge >= 0.3 is 0 Å². The van der Waals surface area contributed by atoms with Crippen molar-refractivity contribution >= 4 is 0 Å². The molecule has 0 aliphatic carbocycles. The summed E-state index contributed by atoms with van der Waals surface area (Å²) in [6.45, 7) is 10.6. The van der Waals surface area contributed by atoms with Crippen LogP contribution in [0.4, 0.5) is 0 Å². The van der Waals surface area contributed by atoms with Gasteiger partial charge in [-0.1, -0.05) is 25.9 Å². The minimum atomic E-state index is -0.493. The Morgan fingerprint density at radius 1 is 1.41 bits per heavy atom. The summed E-state index contributed by atoms with van der Waals surface area (Å²) in [6, 6.07) is -0.223. The fraction of sp³-hybridized carbons (Fsp3) is 0.833. The van der Waals surface area contributed by atoms with Gasteiger partial charge in [-0.25, -0.2) is 0 Å². The molecule has 1 rings (SSSR count). The summed E-state index contributed by atoms with van der Waals surface area (Å²) in [7, 11) is 0. The third kappa shape index (κ3) is 3.04. The normalized spacial score (nSPS) is 17.1. The van der Waals surface area contributed by atoms with Gasteiger partial charge in [-0.3, -0.25) is 0 Å². The maximum Gasteiger partial charge on any atom is 0.243 e. The molecule has 0 spiro atoms. The summed E-state index contributed by atoms with van der Waals surface area (Å²) in [6.07, 6.45) is 0.788. The summed E-state index contributed by atoms with van der Waals surface area (Å²) >= 11 is 0. The van der Waals surface area contributed by atoms with Gasteiger partial charge in [-0.05, 0) is 26.2 Å². The van der Waals surface area contributed by atoms with E-state index >= 15 is 0 Å². The molecule has 5 heteroatoms. The fourth-order valence-corrected chi connectivity index (χ4v) is 1.51. The molecule has 0 saturated carbocycles. The van der Waals surface area contributed by atoms with Crippen molar-refractivity contribution in [3.8, 4) is 0 Å². The second kappa shape index (κ2) is 5.60. The van der Waals surface area contributed by atoms with Crippen LogP contribution in [0.1, 0.15) is 58.8 Å². The quantitative estimate of drug-likeness (QED) is 0.827. The van der Waals surface area contributed by atoms with Gasteiger partial charge in [0.2, 0.25) is 11.7 Å². The zero-order valence-corrected chi connectivity index (χ0v) is 11.4. The minimum Gasteiger partial charge on any atom is -0.367 e. The Morgan fingerprint density at radius 2 is 2.06 bits per heavy atom. The van der Waals surface area contributed by atoms with Gasteiger partial charge in [0.05, 0.1) is 6.04 Å². The second-order valence-corrected chi connectivity index (χ2v) is 4.74. The first-order valence-electron chi connectivity index (χ1n) is 6.18. The van der Waals surface area contributed by atoms with Crippen LogP contribution in [-0.2, 0) is 10.3 Å². The SMILES string of the molecule is CCOC(C)(CC)c1noc([C@H](N)C(C)C)n1.